The van der Waals surface area contributed by atoms with E-state index in [1.54, 1.807) is 0 Å². The normalized spacial score (nSPS) is 26.6. The molecule has 114 valence electrons. The summed E-state index contributed by atoms with van der Waals surface area (Å²) in [7, 11) is 0. The number of rotatable bonds is 2. The summed E-state index contributed by atoms with van der Waals surface area (Å²) in [6, 6.07) is 8.29. The molecule has 1 aromatic rings. The highest BCUT2D eigenvalue weighted by molar-refractivity contribution is 5.86. The maximum Gasteiger partial charge on any atom is 0.245 e. The first kappa shape index (κ1) is 14.4. The molecule has 0 bridgehead atoms. The summed E-state index contributed by atoms with van der Waals surface area (Å²) in [4.78, 5) is 17.0. The second-order valence-electron chi connectivity index (χ2n) is 6.25. The second-order valence-corrected chi connectivity index (χ2v) is 6.25. The Bertz CT molecular complexity index is 521. The number of carbonyl (C=O) groups excluding carboxylic acids is 1. The maximum atomic E-state index is 12.8. The van der Waals surface area contributed by atoms with Gasteiger partial charge in [-0.05, 0) is 38.8 Å². The Balaban J connectivity index is 1.74. The molecule has 4 heteroatoms. The topological polar surface area (TPSA) is 32.8 Å². The average Bonchev–Trinajstić information content (AvgIpc) is 2.88. The zero-order chi connectivity index (χ0) is 15.0. The molecular formula is C17H24N2O2. The zero-order valence-corrected chi connectivity index (χ0v) is 13.1. The summed E-state index contributed by atoms with van der Waals surface area (Å²) in [5.74, 6) is 0.216. The molecule has 1 fully saturated rings. The molecule has 1 saturated heterocycles. The summed E-state index contributed by atoms with van der Waals surface area (Å²) in [6.45, 7) is 8.42. The number of para-hydroxylation sites is 1. The van der Waals surface area contributed by atoms with Crippen molar-refractivity contribution in [2.45, 2.75) is 45.4 Å². The summed E-state index contributed by atoms with van der Waals surface area (Å²) in [6.07, 6.45) is 1.27. The number of fused-ring (bicyclic) bond motifs is 1. The van der Waals surface area contributed by atoms with Crippen LogP contribution in [0.4, 0.5) is 5.69 Å². The largest absolute Gasteiger partial charge is 0.372 e. The zero-order valence-electron chi connectivity index (χ0n) is 13.1. The third-order valence-corrected chi connectivity index (χ3v) is 4.48. The third-order valence-electron chi connectivity index (χ3n) is 4.48. The number of hydrogen-bond acceptors (Lipinski definition) is 3. The van der Waals surface area contributed by atoms with Crippen LogP contribution in [0.2, 0.25) is 0 Å². The Hall–Kier alpha value is -1.55. The number of hydrogen-bond donors (Lipinski definition) is 0. The van der Waals surface area contributed by atoms with Gasteiger partial charge in [0.25, 0.3) is 0 Å². The van der Waals surface area contributed by atoms with Gasteiger partial charge in [0.2, 0.25) is 5.91 Å². The van der Waals surface area contributed by atoms with E-state index in [-0.39, 0.29) is 24.2 Å². The summed E-state index contributed by atoms with van der Waals surface area (Å²) < 4.78 is 5.72. The molecule has 0 unspecified atom stereocenters. The second kappa shape index (κ2) is 5.68. The summed E-state index contributed by atoms with van der Waals surface area (Å²) in [5.41, 5.74) is 2.56. The lowest BCUT2D eigenvalue weighted by Gasteiger charge is -2.38. The summed E-state index contributed by atoms with van der Waals surface area (Å²) in [5, 5.41) is 0. The monoisotopic (exact) mass is 288 g/mol. The van der Waals surface area contributed by atoms with Gasteiger partial charge < -0.3 is 14.5 Å². The van der Waals surface area contributed by atoms with Crippen LogP contribution in [0.5, 0.6) is 0 Å². The highest BCUT2D eigenvalue weighted by atomic mass is 16.5. The van der Waals surface area contributed by atoms with Crippen molar-refractivity contribution in [3.63, 3.8) is 0 Å². The highest BCUT2D eigenvalue weighted by Crippen LogP contribution is 2.29. The number of nitrogens with zero attached hydrogens (tertiary/aromatic N) is 2. The molecular weight excluding hydrogens is 264 g/mol. The minimum atomic E-state index is -0.105. The van der Waals surface area contributed by atoms with E-state index in [2.05, 4.69) is 23.1 Å². The molecule has 21 heavy (non-hydrogen) atoms. The van der Waals surface area contributed by atoms with Crippen LogP contribution in [0.15, 0.2) is 24.3 Å². The van der Waals surface area contributed by atoms with Gasteiger partial charge in [0, 0.05) is 25.3 Å². The van der Waals surface area contributed by atoms with E-state index in [9.17, 15) is 4.79 Å². The van der Waals surface area contributed by atoms with Crippen LogP contribution in [0, 0.1) is 0 Å². The molecule has 2 heterocycles. The minimum Gasteiger partial charge on any atom is -0.372 e. The van der Waals surface area contributed by atoms with Crippen LogP contribution >= 0.6 is 0 Å². The van der Waals surface area contributed by atoms with Crippen molar-refractivity contribution >= 4 is 11.6 Å². The van der Waals surface area contributed by atoms with Crippen LogP contribution in [-0.4, -0.2) is 48.7 Å². The Morgan fingerprint density at radius 2 is 1.90 bits per heavy atom. The van der Waals surface area contributed by atoms with Crippen molar-refractivity contribution in [2.75, 3.05) is 24.5 Å². The van der Waals surface area contributed by atoms with Crippen molar-refractivity contribution in [3.8, 4) is 0 Å². The van der Waals surface area contributed by atoms with Crippen molar-refractivity contribution in [1.29, 1.82) is 0 Å². The number of carbonyl (C=O) groups is 1. The van der Waals surface area contributed by atoms with Gasteiger partial charge in [0.15, 0.2) is 0 Å². The van der Waals surface area contributed by atoms with Crippen molar-refractivity contribution in [3.05, 3.63) is 29.8 Å². The van der Waals surface area contributed by atoms with Gasteiger partial charge in [0.05, 0.1) is 12.2 Å². The van der Waals surface area contributed by atoms with Gasteiger partial charge in [-0.2, -0.15) is 0 Å². The van der Waals surface area contributed by atoms with Gasteiger partial charge >= 0.3 is 0 Å². The van der Waals surface area contributed by atoms with E-state index in [4.69, 9.17) is 4.74 Å². The Morgan fingerprint density at radius 3 is 2.62 bits per heavy atom. The van der Waals surface area contributed by atoms with Crippen molar-refractivity contribution in [1.82, 2.24) is 4.90 Å². The predicted octanol–water partition coefficient (Wildman–Crippen LogP) is 2.07. The number of anilines is 1. The molecule has 0 aliphatic carbocycles. The minimum absolute atomic E-state index is 0.105. The molecule has 1 amide bonds. The number of ether oxygens (including phenoxy) is 1. The van der Waals surface area contributed by atoms with Gasteiger partial charge in [-0.15, -0.1) is 0 Å². The van der Waals surface area contributed by atoms with E-state index in [1.807, 2.05) is 31.7 Å². The van der Waals surface area contributed by atoms with Gasteiger partial charge in [-0.3, -0.25) is 4.79 Å². The first-order valence-electron chi connectivity index (χ1n) is 7.85. The van der Waals surface area contributed by atoms with E-state index in [0.29, 0.717) is 13.1 Å². The predicted molar refractivity (Wildman–Crippen MR) is 83.5 cm³/mol. The van der Waals surface area contributed by atoms with Gasteiger partial charge in [0.1, 0.15) is 6.04 Å². The maximum absolute atomic E-state index is 12.8. The van der Waals surface area contributed by atoms with Crippen molar-refractivity contribution in [2.24, 2.45) is 0 Å². The average molecular weight is 288 g/mol. The molecule has 3 rings (SSSR count). The first-order valence-corrected chi connectivity index (χ1v) is 7.85. The molecule has 4 nitrogen and oxygen atoms in total. The van der Waals surface area contributed by atoms with Crippen LogP contribution in [0.3, 0.4) is 0 Å². The van der Waals surface area contributed by atoms with Crippen LogP contribution in [0.25, 0.3) is 0 Å². The summed E-state index contributed by atoms with van der Waals surface area (Å²) >= 11 is 0. The quantitative estimate of drug-likeness (QED) is 0.835. The number of benzene rings is 1. The third kappa shape index (κ3) is 2.77. The highest BCUT2D eigenvalue weighted by Gasteiger charge is 2.33. The Labute approximate surface area is 126 Å². The van der Waals surface area contributed by atoms with E-state index in [0.717, 1.165) is 13.0 Å². The van der Waals surface area contributed by atoms with Crippen LogP contribution in [0.1, 0.15) is 26.3 Å². The lowest BCUT2D eigenvalue weighted by atomic mass is 10.1. The lowest BCUT2D eigenvalue weighted by Crippen LogP contribution is -2.54. The molecule has 0 spiro atoms. The number of morpholine rings is 1. The Morgan fingerprint density at radius 1 is 1.24 bits per heavy atom. The van der Waals surface area contributed by atoms with Crippen LogP contribution < -0.4 is 4.90 Å². The molecule has 3 atom stereocenters. The smallest absolute Gasteiger partial charge is 0.245 e. The van der Waals surface area contributed by atoms with Gasteiger partial charge in [-0.1, -0.05) is 18.2 Å². The molecule has 2 aliphatic heterocycles. The standard InChI is InChI=1S/C17H24N2O2/c1-12-10-18(11-13(2)21-12)17(20)14(3)19-9-8-15-6-4-5-7-16(15)19/h4-7,12-14H,8-11H2,1-3H3/t12-,13-,14+/m1/s1. The molecule has 0 N–H and O–H groups in total. The molecule has 1 aromatic carbocycles. The Kier molecular flexibility index (Phi) is 3.89. The van der Waals surface area contributed by atoms with Crippen molar-refractivity contribution < 1.29 is 9.53 Å². The fourth-order valence-corrected chi connectivity index (χ4v) is 3.52. The van der Waals surface area contributed by atoms with E-state index >= 15 is 0 Å². The van der Waals surface area contributed by atoms with Gasteiger partial charge in [-0.25, -0.2) is 0 Å². The van der Waals surface area contributed by atoms with E-state index in [1.165, 1.54) is 11.3 Å². The fourth-order valence-electron chi connectivity index (χ4n) is 3.52. The lowest BCUT2D eigenvalue weighted by molar-refractivity contribution is -0.144. The first-order chi connectivity index (χ1) is 10.1. The fraction of sp³-hybridized carbons (Fsp3) is 0.588. The SMILES string of the molecule is C[C@@H]1CN(C(=O)[C@H](C)N2CCc3ccccc32)C[C@@H](C)O1. The molecule has 0 saturated carbocycles. The number of amides is 1. The molecule has 2 aliphatic rings. The molecule has 0 radical (unpaired) electrons. The molecule has 0 aromatic heterocycles. The van der Waals surface area contributed by atoms with Crippen LogP contribution in [-0.2, 0) is 16.0 Å². The van der Waals surface area contributed by atoms with E-state index < -0.39 is 0 Å².